The summed E-state index contributed by atoms with van der Waals surface area (Å²) < 4.78 is 53.0. The molecule has 0 spiro atoms. The molecule has 2 N–H and O–H groups in total. The Morgan fingerprint density at radius 1 is 0.933 bits per heavy atom. The van der Waals surface area contributed by atoms with Crippen molar-refractivity contribution >= 4 is 0 Å². The van der Waals surface area contributed by atoms with Crippen molar-refractivity contribution in [2.75, 3.05) is 20.3 Å². The van der Waals surface area contributed by atoms with Gasteiger partial charge in [-0.15, -0.1) is 0 Å². The molecule has 3 nitrogen and oxygen atoms in total. The maximum atomic E-state index is 14.2. The van der Waals surface area contributed by atoms with Crippen LogP contribution in [0.15, 0.2) is 60.7 Å². The number of ether oxygens (including phenoxy) is 2. The van der Waals surface area contributed by atoms with Crippen LogP contribution in [0, 0.1) is 5.92 Å². The lowest BCUT2D eigenvalue weighted by atomic mass is 9.63. The molecule has 1 aliphatic rings. The average molecular weight is 422 g/mol. The summed E-state index contributed by atoms with van der Waals surface area (Å²) in [5.41, 5.74) is 5.95. The van der Waals surface area contributed by atoms with Gasteiger partial charge < -0.3 is 15.2 Å². The Morgan fingerprint density at radius 2 is 1.53 bits per heavy atom. The van der Waals surface area contributed by atoms with Crippen LogP contribution in [-0.4, -0.2) is 37.6 Å². The van der Waals surface area contributed by atoms with Crippen LogP contribution in [0.4, 0.5) is 13.2 Å². The second-order valence-electron chi connectivity index (χ2n) is 8.32. The molecule has 2 aromatic carbocycles. The molecule has 6 heteroatoms. The maximum absolute atomic E-state index is 14.2. The predicted molar refractivity (Wildman–Crippen MR) is 111 cm³/mol. The van der Waals surface area contributed by atoms with Crippen LogP contribution in [0.25, 0.3) is 0 Å². The average Bonchev–Trinajstić information content (AvgIpc) is 2.71. The van der Waals surface area contributed by atoms with Gasteiger partial charge in [-0.3, -0.25) is 0 Å². The zero-order chi connectivity index (χ0) is 21.7. The second-order valence-corrected chi connectivity index (χ2v) is 8.32. The van der Waals surface area contributed by atoms with Gasteiger partial charge in [-0.05, 0) is 49.1 Å². The minimum atomic E-state index is -4.47. The number of halogens is 3. The quantitative estimate of drug-likeness (QED) is 0.615. The van der Waals surface area contributed by atoms with Gasteiger partial charge in [0, 0.05) is 12.6 Å². The minimum absolute atomic E-state index is 0.0929. The number of alkyl halides is 3. The van der Waals surface area contributed by atoms with Crippen molar-refractivity contribution in [1.82, 2.24) is 0 Å². The summed E-state index contributed by atoms with van der Waals surface area (Å²) in [6, 6.07) is 19.3. The monoisotopic (exact) mass is 421 g/mol. The first-order chi connectivity index (χ1) is 14.3. The van der Waals surface area contributed by atoms with Crippen molar-refractivity contribution in [3.05, 3.63) is 71.8 Å². The van der Waals surface area contributed by atoms with Crippen LogP contribution < -0.4 is 5.73 Å². The van der Waals surface area contributed by atoms with E-state index in [0.29, 0.717) is 12.8 Å². The molecule has 30 heavy (non-hydrogen) atoms. The molecule has 3 atom stereocenters. The fraction of sp³-hybridized carbons (Fsp3) is 0.500. The van der Waals surface area contributed by atoms with E-state index in [1.54, 1.807) is 0 Å². The van der Waals surface area contributed by atoms with Crippen LogP contribution in [0.1, 0.15) is 30.4 Å². The van der Waals surface area contributed by atoms with Crippen LogP contribution in [0.3, 0.4) is 0 Å². The molecular formula is C24H30F3NO2. The zero-order valence-corrected chi connectivity index (χ0v) is 17.3. The molecule has 0 radical (unpaired) electrons. The summed E-state index contributed by atoms with van der Waals surface area (Å²) >= 11 is 0. The van der Waals surface area contributed by atoms with Crippen LogP contribution >= 0.6 is 0 Å². The van der Waals surface area contributed by atoms with E-state index in [9.17, 15) is 13.2 Å². The third kappa shape index (κ3) is 5.23. The molecule has 0 aliphatic heterocycles. The molecule has 164 valence electrons. The molecule has 3 unspecified atom stereocenters. The van der Waals surface area contributed by atoms with Crippen molar-refractivity contribution in [2.45, 2.75) is 49.4 Å². The Bertz CT molecular complexity index is 784. The highest BCUT2D eigenvalue weighted by Gasteiger charge is 2.61. The van der Waals surface area contributed by atoms with Crippen LogP contribution in [0.2, 0.25) is 0 Å². The van der Waals surface area contributed by atoms with E-state index < -0.39 is 17.3 Å². The summed E-state index contributed by atoms with van der Waals surface area (Å²) in [4.78, 5) is 0. The summed E-state index contributed by atoms with van der Waals surface area (Å²) in [5.74, 6) is -0.377. The van der Waals surface area contributed by atoms with Gasteiger partial charge in [0.2, 0.25) is 0 Å². The van der Waals surface area contributed by atoms with E-state index >= 15 is 0 Å². The van der Waals surface area contributed by atoms with Crippen LogP contribution in [0.5, 0.6) is 0 Å². The molecule has 0 amide bonds. The molecule has 1 aliphatic carbocycles. The highest BCUT2D eigenvalue weighted by atomic mass is 19.4. The topological polar surface area (TPSA) is 44.5 Å². The van der Waals surface area contributed by atoms with E-state index in [4.69, 9.17) is 15.2 Å². The van der Waals surface area contributed by atoms with Gasteiger partial charge in [0.25, 0.3) is 0 Å². The Balaban J connectivity index is 1.90. The van der Waals surface area contributed by atoms with E-state index in [2.05, 4.69) is 0 Å². The number of nitrogens with two attached hydrogens (primary N) is 1. The summed E-state index contributed by atoms with van der Waals surface area (Å²) in [6.45, 7) is 0.0310. The lowest BCUT2D eigenvalue weighted by molar-refractivity contribution is -0.297. The van der Waals surface area contributed by atoms with E-state index in [1.807, 2.05) is 60.7 Å². The SMILES string of the molecule is COCCOC1(C(F)(F)F)CCC(N)(Cc2ccccc2)C(Cc2ccccc2)C1. The van der Waals surface area contributed by atoms with Gasteiger partial charge in [-0.1, -0.05) is 60.7 Å². The summed E-state index contributed by atoms with van der Waals surface area (Å²) in [6.07, 6.45) is -3.50. The molecule has 2 aromatic rings. The highest BCUT2D eigenvalue weighted by Crippen LogP contribution is 2.50. The maximum Gasteiger partial charge on any atom is 0.417 e. The van der Waals surface area contributed by atoms with Gasteiger partial charge in [-0.25, -0.2) is 0 Å². The standard InChI is InChI=1S/C24H30F3NO2/c1-29-14-15-30-23(24(25,26)27)13-12-22(28,17-20-10-6-3-7-11-20)21(18-23)16-19-8-4-2-5-9-19/h2-11,21H,12-18,28H2,1H3. The molecule has 0 heterocycles. The minimum Gasteiger partial charge on any atom is -0.382 e. The van der Waals surface area contributed by atoms with Crippen LogP contribution in [-0.2, 0) is 22.3 Å². The first-order valence-electron chi connectivity index (χ1n) is 10.3. The summed E-state index contributed by atoms with van der Waals surface area (Å²) in [7, 11) is 1.45. The van der Waals surface area contributed by atoms with E-state index in [0.717, 1.165) is 11.1 Å². The number of hydrogen-bond acceptors (Lipinski definition) is 3. The molecule has 0 aromatic heterocycles. The fourth-order valence-electron chi connectivity index (χ4n) is 4.52. The fourth-order valence-corrected chi connectivity index (χ4v) is 4.52. The smallest absolute Gasteiger partial charge is 0.382 e. The molecule has 3 rings (SSSR count). The first kappa shape index (κ1) is 22.8. The Morgan fingerprint density at radius 3 is 2.10 bits per heavy atom. The third-order valence-electron chi connectivity index (χ3n) is 6.27. The molecule has 0 saturated heterocycles. The van der Waals surface area contributed by atoms with Gasteiger partial charge >= 0.3 is 6.18 Å². The van der Waals surface area contributed by atoms with Crippen molar-refractivity contribution in [3.63, 3.8) is 0 Å². The predicted octanol–water partition coefficient (Wildman–Crippen LogP) is 4.93. The van der Waals surface area contributed by atoms with Crippen molar-refractivity contribution < 1.29 is 22.6 Å². The molecule has 1 fully saturated rings. The Hall–Kier alpha value is -1.89. The first-order valence-corrected chi connectivity index (χ1v) is 10.3. The second kappa shape index (κ2) is 9.50. The highest BCUT2D eigenvalue weighted by molar-refractivity contribution is 5.22. The largest absolute Gasteiger partial charge is 0.417 e. The molecule has 1 saturated carbocycles. The number of methoxy groups -OCH3 is 1. The van der Waals surface area contributed by atoms with Gasteiger partial charge in [0.15, 0.2) is 5.60 Å². The lowest BCUT2D eigenvalue weighted by Gasteiger charge is -2.50. The number of benzene rings is 2. The molecular weight excluding hydrogens is 391 g/mol. The van der Waals surface area contributed by atoms with Crippen molar-refractivity contribution in [1.29, 1.82) is 0 Å². The molecule has 0 bridgehead atoms. The van der Waals surface area contributed by atoms with Crippen molar-refractivity contribution in [2.24, 2.45) is 11.7 Å². The van der Waals surface area contributed by atoms with Gasteiger partial charge in [0.05, 0.1) is 13.2 Å². The van der Waals surface area contributed by atoms with E-state index in [-0.39, 0.29) is 38.4 Å². The third-order valence-corrected chi connectivity index (χ3v) is 6.27. The van der Waals surface area contributed by atoms with Gasteiger partial charge in [0.1, 0.15) is 0 Å². The Kier molecular flexibility index (Phi) is 7.22. The Labute approximate surface area is 176 Å². The lowest BCUT2D eigenvalue weighted by Crippen LogP contribution is -2.62. The van der Waals surface area contributed by atoms with Gasteiger partial charge in [-0.2, -0.15) is 13.2 Å². The van der Waals surface area contributed by atoms with E-state index in [1.165, 1.54) is 7.11 Å². The van der Waals surface area contributed by atoms with Crippen molar-refractivity contribution in [3.8, 4) is 0 Å². The summed E-state index contributed by atoms with van der Waals surface area (Å²) in [5, 5.41) is 0. The zero-order valence-electron chi connectivity index (χ0n) is 17.3. The normalized spacial score (nSPS) is 27.2. The number of rotatable bonds is 8. The number of hydrogen-bond donors (Lipinski definition) is 1.